The molecular formula is C27H44O3. The topological polar surface area (TPSA) is 57.5 Å². The average Bonchev–Trinajstić information content (AvgIpc) is 3.34. The van der Waals surface area contributed by atoms with Crippen molar-refractivity contribution >= 4 is 5.97 Å². The van der Waals surface area contributed by atoms with Gasteiger partial charge in [0, 0.05) is 6.42 Å². The summed E-state index contributed by atoms with van der Waals surface area (Å²) in [6.07, 6.45) is 11.5. The third-order valence-corrected chi connectivity index (χ3v) is 11.7. The van der Waals surface area contributed by atoms with Crippen LogP contribution in [0.5, 0.6) is 0 Å². The fourth-order valence-corrected chi connectivity index (χ4v) is 10.3. The summed E-state index contributed by atoms with van der Waals surface area (Å²) in [5, 5.41) is 21.0. The second-order valence-corrected chi connectivity index (χ2v) is 12.8. The Balaban J connectivity index is 1.43. The fourth-order valence-electron chi connectivity index (χ4n) is 10.3. The van der Waals surface area contributed by atoms with Crippen molar-refractivity contribution in [3.05, 3.63) is 0 Å². The summed E-state index contributed by atoms with van der Waals surface area (Å²) in [6, 6.07) is 0. The lowest BCUT2D eigenvalue weighted by Crippen LogP contribution is -2.61. The largest absolute Gasteiger partial charge is 0.481 e. The molecule has 0 aromatic carbocycles. The van der Waals surface area contributed by atoms with E-state index >= 15 is 0 Å². The molecule has 0 spiro atoms. The van der Waals surface area contributed by atoms with E-state index in [-0.39, 0.29) is 6.10 Å². The SMILES string of the molecule is CC[C@@H]1C2CC3CC3C[C@]2(C)[C@H]2CC[C@]3(C)[C@@H]([C@H](C)CCC(=O)O)CC[C@H]3[C@@H]2[C@@H]1O. The molecule has 5 aliphatic carbocycles. The standard InChI is InChI=1S/C27H44O3/c1-5-18-22-13-16-12-17(16)14-27(22,4)21-10-11-26(3)19(15(2)6-9-23(28)29)7-8-20(26)24(21)25(18)30/h15-22,24-25,30H,5-14H2,1-4H3,(H,28,29)/t15-,16?,17?,18-,19-,20+,21+,22?,24+,25-,26-,27-/m1/s1. The quantitative estimate of drug-likeness (QED) is 0.578. The van der Waals surface area contributed by atoms with E-state index in [9.17, 15) is 15.0 Å². The zero-order chi connectivity index (χ0) is 21.4. The van der Waals surface area contributed by atoms with Crippen LogP contribution in [0.2, 0.25) is 0 Å². The predicted molar refractivity (Wildman–Crippen MR) is 119 cm³/mol. The second kappa shape index (κ2) is 7.22. The molecule has 170 valence electrons. The summed E-state index contributed by atoms with van der Waals surface area (Å²) >= 11 is 0. The molecular weight excluding hydrogens is 372 g/mol. The highest BCUT2D eigenvalue weighted by atomic mass is 16.4. The molecule has 30 heavy (non-hydrogen) atoms. The first-order valence-electron chi connectivity index (χ1n) is 13.1. The van der Waals surface area contributed by atoms with Crippen molar-refractivity contribution in [1.82, 2.24) is 0 Å². The van der Waals surface area contributed by atoms with Gasteiger partial charge in [0.25, 0.3) is 0 Å². The maximum Gasteiger partial charge on any atom is 0.303 e. The molecule has 0 aliphatic heterocycles. The van der Waals surface area contributed by atoms with Gasteiger partial charge < -0.3 is 10.2 Å². The number of fused-ring (bicyclic) bond motifs is 6. The number of carboxylic acid groups (broad SMARTS) is 1. The van der Waals surface area contributed by atoms with E-state index in [0.717, 1.165) is 30.6 Å². The molecule has 0 saturated heterocycles. The maximum atomic E-state index is 11.8. The third kappa shape index (κ3) is 2.96. The van der Waals surface area contributed by atoms with Crippen molar-refractivity contribution in [2.24, 2.45) is 64.1 Å². The van der Waals surface area contributed by atoms with Crippen molar-refractivity contribution in [2.45, 2.75) is 98.0 Å². The second-order valence-electron chi connectivity index (χ2n) is 12.8. The highest BCUT2D eigenvalue weighted by molar-refractivity contribution is 5.66. The van der Waals surface area contributed by atoms with Gasteiger partial charge in [-0.3, -0.25) is 4.79 Å². The van der Waals surface area contributed by atoms with Crippen LogP contribution in [0.25, 0.3) is 0 Å². The Hall–Kier alpha value is -0.570. The summed E-state index contributed by atoms with van der Waals surface area (Å²) in [4.78, 5) is 11.1. The van der Waals surface area contributed by atoms with Crippen LogP contribution in [0.4, 0.5) is 0 Å². The Morgan fingerprint density at radius 2 is 1.77 bits per heavy atom. The molecule has 0 heterocycles. The molecule has 0 radical (unpaired) electrons. The zero-order valence-corrected chi connectivity index (χ0v) is 19.6. The van der Waals surface area contributed by atoms with E-state index in [4.69, 9.17) is 0 Å². The Bertz CT molecular complexity index is 690. The van der Waals surface area contributed by atoms with Gasteiger partial charge in [0.05, 0.1) is 6.10 Å². The van der Waals surface area contributed by atoms with Crippen molar-refractivity contribution in [1.29, 1.82) is 0 Å². The van der Waals surface area contributed by atoms with E-state index in [1.54, 1.807) is 0 Å². The summed E-state index contributed by atoms with van der Waals surface area (Å²) in [5.41, 5.74) is 0.731. The third-order valence-electron chi connectivity index (χ3n) is 11.7. The Morgan fingerprint density at radius 3 is 2.47 bits per heavy atom. The molecule has 5 aliphatic rings. The predicted octanol–water partition coefficient (Wildman–Crippen LogP) is 6.00. The summed E-state index contributed by atoms with van der Waals surface area (Å²) in [7, 11) is 0. The minimum Gasteiger partial charge on any atom is -0.481 e. The van der Waals surface area contributed by atoms with Gasteiger partial charge in [-0.15, -0.1) is 0 Å². The van der Waals surface area contributed by atoms with Crippen LogP contribution in [0.1, 0.15) is 91.9 Å². The lowest BCUT2D eigenvalue weighted by Gasteiger charge is -2.64. The fraction of sp³-hybridized carbons (Fsp3) is 0.963. The van der Waals surface area contributed by atoms with Crippen molar-refractivity contribution < 1.29 is 15.0 Å². The number of aliphatic hydroxyl groups excluding tert-OH is 1. The number of hydrogen-bond donors (Lipinski definition) is 2. The number of aliphatic carboxylic acids is 1. The Kier molecular flexibility index (Phi) is 5.12. The van der Waals surface area contributed by atoms with Gasteiger partial charge in [-0.05, 0) is 115 Å². The number of carboxylic acids is 1. The van der Waals surface area contributed by atoms with Gasteiger partial charge >= 0.3 is 5.97 Å². The van der Waals surface area contributed by atoms with E-state index < -0.39 is 5.97 Å². The van der Waals surface area contributed by atoms with Gasteiger partial charge in [-0.1, -0.05) is 34.1 Å². The van der Waals surface area contributed by atoms with E-state index in [0.29, 0.717) is 52.8 Å². The Morgan fingerprint density at radius 1 is 1.03 bits per heavy atom. The van der Waals surface area contributed by atoms with Gasteiger partial charge in [-0.25, -0.2) is 0 Å². The molecule has 5 saturated carbocycles. The zero-order valence-electron chi connectivity index (χ0n) is 19.6. The molecule has 5 rings (SSSR count). The first-order valence-corrected chi connectivity index (χ1v) is 13.1. The van der Waals surface area contributed by atoms with Crippen LogP contribution in [-0.2, 0) is 4.79 Å². The van der Waals surface area contributed by atoms with E-state index in [1.165, 1.54) is 44.9 Å². The maximum absolute atomic E-state index is 11.8. The minimum absolute atomic E-state index is 0.119. The molecule has 12 atom stereocenters. The molecule has 0 aromatic rings. The van der Waals surface area contributed by atoms with Crippen LogP contribution in [0, 0.1) is 64.1 Å². The molecule has 2 N–H and O–H groups in total. The van der Waals surface area contributed by atoms with Crippen molar-refractivity contribution in [3.63, 3.8) is 0 Å². The molecule has 0 amide bonds. The monoisotopic (exact) mass is 416 g/mol. The molecule has 5 fully saturated rings. The number of aliphatic hydroxyl groups is 1. The first-order chi connectivity index (χ1) is 14.2. The van der Waals surface area contributed by atoms with Crippen molar-refractivity contribution in [3.8, 4) is 0 Å². The Labute approximate surface area is 183 Å². The van der Waals surface area contributed by atoms with Crippen molar-refractivity contribution in [2.75, 3.05) is 0 Å². The van der Waals surface area contributed by atoms with Gasteiger partial charge in [0.15, 0.2) is 0 Å². The van der Waals surface area contributed by atoms with Crippen LogP contribution >= 0.6 is 0 Å². The smallest absolute Gasteiger partial charge is 0.303 e. The molecule has 3 nitrogen and oxygen atoms in total. The van der Waals surface area contributed by atoms with Crippen LogP contribution in [0.15, 0.2) is 0 Å². The van der Waals surface area contributed by atoms with Crippen LogP contribution in [-0.4, -0.2) is 22.3 Å². The molecule has 3 unspecified atom stereocenters. The van der Waals surface area contributed by atoms with E-state index in [1.807, 2.05) is 0 Å². The summed E-state index contributed by atoms with van der Waals surface area (Å²) in [6.45, 7) is 9.76. The van der Waals surface area contributed by atoms with Crippen LogP contribution in [0.3, 0.4) is 0 Å². The lowest BCUT2D eigenvalue weighted by atomic mass is 9.41. The molecule has 0 aromatic heterocycles. The summed E-state index contributed by atoms with van der Waals surface area (Å²) in [5.74, 6) is 5.43. The van der Waals surface area contributed by atoms with Gasteiger partial charge in [0.1, 0.15) is 0 Å². The number of carbonyl (C=O) groups is 1. The normalized spacial score (nSPS) is 55.0. The summed E-state index contributed by atoms with van der Waals surface area (Å²) < 4.78 is 0. The number of hydrogen-bond acceptors (Lipinski definition) is 2. The highest BCUT2D eigenvalue weighted by Gasteiger charge is 2.67. The highest BCUT2D eigenvalue weighted by Crippen LogP contribution is 2.72. The average molecular weight is 417 g/mol. The minimum atomic E-state index is -0.659. The van der Waals surface area contributed by atoms with Crippen LogP contribution < -0.4 is 0 Å². The van der Waals surface area contributed by atoms with Gasteiger partial charge in [0.2, 0.25) is 0 Å². The molecule has 0 bridgehead atoms. The number of rotatable bonds is 5. The van der Waals surface area contributed by atoms with E-state index in [2.05, 4.69) is 27.7 Å². The first kappa shape index (κ1) is 21.3. The van der Waals surface area contributed by atoms with Gasteiger partial charge in [-0.2, -0.15) is 0 Å². The molecule has 3 heteroatoms. The lowest BCUT2D eigenvalue weighted by molar-refractivity contribution is -0.195.